The van der Waals surface area contributed by atoms with E-state index in [1.165, 1.54) is 270 Å². The minimum Gasteiger partial charge on any atom is -0.462 e. The smallest absolute Gasteiger partial charge is 0.306 e. The van der Waals surface area contributed by atoms with Gasteiger partial charge in [0.25, 0.3) is 0 Å². The summed E-state index contributed by atoms with van der Waals surface area (Å²) in [5.74, 6) is -0.861. The highest BCUT2D eigenvalue weighted by molar-refractivity contribution is 5.71. The lowest BCUT2D eigenvalue weighted by Gasteiger charge is -2.18. The fourth-order valence-electron chi connectivity index (χ4n) is 10.7. The molecule has 6 heteroatoms. The summed E-state index contributed by atoms with van der Waals surface area (Å²) in [6.45, 7) is 6.66. The molecule has 0 aliphatic carbocycles. The zero-order valence-corrected chi connectivity index (χ0v) is 53.9. The summed E-state index contributed by atoms with van der Waals surface area (Å²) < 4.78 is 17.0. The van der Waals surface area contributed by atoms with Gasteiger partial charge in [0.05, 0.1) is 0 Å². The molecular weight excluding hydrogens is 985 g/mol. The molecule has 0 fully saturated rings. The van der Waals surface area contributed by atoms with E-state index in [1.54, 1.807) is 0 Å². The Balaban J connectivity index is 4.22. The highest BCUT2D eigenvalue weighted by Gasteiger charge is 2.19. The van der Waals surface area contributed by atoms with Crippen molar-refractivity contribution >= 4 is 17.9 Å². The Morgan fingerprint density at radius 2 is 0.450 bits per heavy atom. The van der Waals surface area contributed by atoms with E-state index in [1.807, 2.05) is 0 Å². The van der Waals surface area contributed by atoms with Crippen molar-refractivity contribution in [1.82, 2.24) is 0 Å². The van der Waals surface area contributed by atoms with E-state index < -0.39 is 6.10 Å². The van der Waals surface area contributed by atoms with Gasteiger partial charge < -0.3 is 14.2 Å². The maximum atomic E-state index is 13.0. The van der Waals surface area contributed by atoms with Crippen LogP contribution >= 0.6 is 0 Å². The molecule has 0 heterocycles. The molecule has 0 N–H and O–H groups in total. The Labute approximate surface area is 498 Å². The first-order valence-electron chi connectivity index (χ1n) is 35.6. The summed E-state index contributed by atoms with van der Waals surface area (Å²) >= 11 is 0. The number of hydrogen-bond donors (Lipinski definition) is 0. The number of unbranched alkanes of at least 4 members (excludes halogenated alkanes) is 47. The molecule has 0 aromatic carbocycles. The van der Waals surface area contributed by atoms with Gasteiger partial charge in [-0.2, -0.15) is 0 Å². The van der Waals surface area contributed by atoms with E-state index in [0.717, 1.165) is 77.0 Å². The number of allylic oxidation sites excluding steroid dienone is 8. The Bertz CT molecular complexity index is 1380. The SMILES string of the molecule is CCCCC/C=C\CCCCCCCC(=O)OCC(COC(=O)CCCCCCCCCCCC/C=C\C/C=C\C/C=C\CCCCCCC)OC(=O)CCCCCCCCCCCCCCCCCCCCCCCCCCC. The number of hydrogen-bond acceptors (Lipinski definition) is 6. The first-order chi connectivity index (χ1) is 39.5. The molecular formula is C74H136O6. The summed E-state index contributed by atoms with van der Waals surface area (Å²) in [6.07, 6.45) is 87.2. The minimum absolute atomic E-state index is 0.0740. The van der Waals surface area contributed by atoms with Crippen LogP contribution in [-0.2, 0) is 28.6 Å². The molecule has 0 saturated heterocycles. The number of esters is 3. The van der Waals surface area contributed by atoms with Crippen molar-refractivity contribution in [1.29, 1.82) is 0 Å². The highest BCUT2D eigenvalue weighted by Crippen LogP contribution is 2.18. The van der Waals surface area contributed by atoms with Gasteiger partial charge in [-0.25, -0.2) is 0 Å². The predicted molar refractivity (Wildman–Crippen MR) is 349 cm³/mol. The first kappa shape index (κ1) is 77.4. The van der Waals surface area contributed by atoms with E-state index in [0.29, 0.717) is 19.3 Å². The number of ether oxygens (including phenoxy) is 3. The van der Waals surface area contributed by atoms with Gasteiger partial charge in [-0.05, 0) is 83.5 Å². The lowest BCUT2D eigenvalue weighted by molar-refractivity contribution is -0.167. The number of carbonyl (C=O) groups is 3. The molecule has 468 valence electrons. The fraction of sp³-hybridized carbons (Fsp3) is 0.851. The average Bonchev–Trinajstić information content (AvgIpc) is 3.46. The Morgan fingerprint density at radius 3 is 0.738 bits per heavy atom. The van der Waals surface area contributed by atoms with Gasteiger partial charge in [-0.3, -0.25) is 14.4 Å². The molecule has 6 nitrogen and oxygen atoms in total. The molecule has 0 saturated carbocycles. The summed E-state index contributed by atoms with van der Waals surface area (Å²) in [7, 11) is 0. The van der Waals surface area contributed by atoms with Crippen molar-refractivity contribution < 1.29 is 28.6 Å². The van der Waals surface area contributed by atoms with Gasteiger partial charge in [0, 0.05) is 19.3 Å². The van der Waals surface area contributed by atoms with E-state index in [9.17, 15) is 14.4 Å². The van der Waals surface area contributed by atoms with E-state index in [4.69, 9.17) is 14.2 Å². The maximum Gasteiger partial charge on any atom is 0.306 e. The Morgan fingerprint density at radius 1 is 0.250 bits per heavy atom. The van der Waals surface area contributed by atoms with Crippen LogP contribution in [0.4, 0.5) is 0 Å². The van der Waals surface area contributed by atoms with E-state index >= 15 is 0 Å². The van der Waals surface area contributed by atoms with Gasteiger partial charge in [0.2, 0.25) is 0 Å². The second-order valence-electron chi connectivity index (χ2n) is 24.1. The molecule has 0 spiro atoms. The van der Waals surface area contributed by atoms with Crippen LogP contribution in [0.1, 0.15) is 387 Å². The molecule has 0 amide bonds. The lowest BCUT2D eigenvalue weighted by Crippen LogP contribution is -2.30. The topological polar surface area (TPSA) is 78.9 Å². The average molecular weight is 1120 g/mol. The van der Waals surface area contributed by atoms with Crippen LogP contribution in [0.25, 0.3) is 0 Å². The third-order valence-corrected chi connectivity index (χ3v) is 16.1. The zero-order valence-electron chi connectivity index (χ0n) is 53.9. The van der Waals surface area contributed by atoms with Crippen molar-refractivity contribution in [3.63, 3.8) is 0 Å². The van der Waals surface area contributed by atoms with E-state index in [2.05, 4.69) is 69.4 Å². The van der Waals surface area contributed by atoms with Crippen LogP contribution in [0.3, 0.4) is 0 Å². The normalized spacial score (nSPS) is 12.3. The zero-order chi connectivity index (χ0) is 57.8. The van der Waals surface area contributed by atoms with E-state index in [-0.39, 0.29) is 31.1 Å². The van der Waals surface area contributed by atoms with Crippen molar-refractivity contribution in [3.05, 3.63) is 48.6 Å². The monoisotopic (exact) mass is 1120 g/mol. The van der Waals surface area contributed by atoms with Crippen molar-refractivity contribution in [2.75, 3.05) is 13.2 Å². The standard InChI is InChI=1S/C74H136O6/c1-4-7-10-13-16-19-22-25-27-29-31-33-35-37-39-41-43-45-47-49-52-55-58-61-64-67-73(76)79-70-71(69-78-72(75)66-63-60-57-54-51-24-21-18-15-12-9-6-3)80-74(77)68-65-62-59-56-53-50-48-46-44-42-40-38-36-34-32-30-28-26-23-20-17-14-11-8-5-2/h18,21-22,25,29,31,35,37,71H,4-17,19-20,23-24,26-28,30,32-34,36,38-70H2,1-3H3/b21-18-,25-22-,31-29-,37-35-. The van der Waals surface area contributed by atoms with Gasteiger partial charge in [0.15, 0.2) is 6.10 Å². The van der Waals surface area contributed by atoms with Crippen LogP contribution in [0.15, 0.2) is 48.6 Å². The quantitative estimate of drug-likeness (QED) is 0.0261. The fourth-order valence-corrected chi connectivity index (χ4v) is 10.7. The molecule has 0 aliphatic heterocycles. The van der Waals surface area contributed by atoms with Crippen molar-refractivity contribution in [2.45, 2.75) is 393 Å². The molecule has 0 radical (unpaired) electrons. The van der Waals surface area contributed by atoms with Gasteiger partial charge in [-0.1, -0.05) is 333 Å². The van der Waals surface area contributed by atoms with Crippen molar-refractivity contribution in [3.8, 4) is 0 Å². The Hall–Kier alpha value is -2.63. The third kappa shape index (κ3) is 66.2. The summed E-state index contributed by atoms with van der Waals surface area (Å²) in [5, 5.41) is 0. The maximum absolute atomic E-state index is 13.0. The van der Waals surface area contributed by atoms with Crippen LogP contribution in [-0.4, -0.2) is 37.2 Å². The molecule has 1 unspecified atom stereocenters. The van der Waals surface area contributed by atoms with Crippen LogP contribution in [0.5, 0.6) is 0 Å². The summed E-state index contributed by atoms with van der Waals surface area (Å²) in [5.41, 5.74) is 0. The summed E-state index contributed by atoms with van der Waals surface area (Å²) in [4.78, 5) is 38.4. The molecule has 80 heavy (non-hydrogen) atoms. The molecule has 0 aromatic heterocycles. The van der Waals surface area contributed by atoms with Crippen LogP contribution in [0.2, 0.25) is 0 Å². The lowest BCUT2D eigenvalue weighted by atomic mass is 10.0. The van der Waals surface area contributed by atoms with Gasteiger partial charge in [0.1, 0.15) is 13.2 Å². The summed E-state index contributed by atoms with van der Waals surface area (Å²) in [6, 6.07) is 0. The van der Waals surface area contributed by atoms with Crippen LogP contribution in [0, 0.1) is 0 Å². The van der Waals surface area contributed by atoms with Crippen LogP contribution < -0.4 is 0 Å². The Kier molecular flexibility index (Phi) is 66.6. The molecule has 0 aliphatic rings. The largest absolute Gasteiger partial charge is 0.462 e. The van der Waals surface area contributed by atoms with Gasteiger partial charge >= 0.3 is 17.9 Å². The molecule has 0 bridgehead atoms. The minimum atomic E-state index is -0.777. The second-order valence-corrected chi connectivity index (χ2v) is 24.1. The number of rotatable bonds is 66. The predicted octanol–water partition coefficient (Wildman–Crippen LogP) is 24.5. The highest BCUT2D eigenvalue weighted by atomic mass is 16.6. The number of carbonyl (C=O) groups excluding carboxylic acids is 3. The third-order valence-electron chi connectivity index (χ3n) is 16.1. The first-order valence-corrected chi connectivity index (χ1v) is 35.6. The van der Waals surface area contributed by atoms with Crippen molar-refractivity contribution in [2.24, 2.45) is 0 Å². The molecule has 0 rings (SSSR count). The van der Waals surface area contributed by atoms with Gasteiger partial charge in [-0.15, -0.1) is 0 Å². The molecule has 0 aromatic rings. The second kappa shape index (κ2) is 68.9. The molecule has 1 atom stereocenters.